The summed E-state index contributed by atoms with van der Waals surface area (Å²) in [7, 11) is 2.04. The minimum Gasteiger partial charge on any atom is -0.293 e. The summed E-state index contributed by atoms with van der Waals surface area (Å²) in [6, 6.07) is 9.71. The van der Waals surface area contributed by atoms with E-state index in [1.807, 2.05) is 26.0 Å². The Hall–Kier alpha value is -1.64. The first kappa shape index (κ1) is 8.94. The molecule has 0 aliphatic rings. The molecule has 3 heteroatoms. The molecule has 0 unspecified atom stereocenters. The predicted octanol–water partition coefficient (Wildman–Crippen LogP) is 0.696. The summed E-state index contributed by atoms with van der Waals surface area (Å²) < 4.78 is 0. The molecule has 0 N–H and O–H groups in total. The molecular formula is C11H10BNO. The van der Waals surface area contributed by atoms with Gasteiger partial charge in [0.25, 0.3) is 0 Å². The van der Waals surface area contributed by atoms with Crippen molar-refractivity contribution in [2.24, 2.45) is 0 Å². The highest BCUT2D eigenvalue weighted by molar-refractivity contribution is 6.33. The highest BCUT2D eigenvalue weighted by Gasteiger charge is 2.01. The van der Waals surface area contributed by atoms with E-state index in [1.165, 1.54) is 12.4 Å². The lowest BCUT2D eigenvalue weighted by Crippen LogP contribution is -2.02. The summed E-state index contributed by atoms with van der Waals surface area (Å²) in [6.45, 7) is 1.53. The van der Waals surface area contributed by atoms with Crippen LogP contribution in [-0.4, -0.2) is 18.6 Å². The van der Waals surface area contributed by atoms with Gasteiger partial charge in [-0.15, -0.1) is 0 Å². The van der Waals surface area contributed by atoms with E-state index in [-0.39, 0.29) is 5.78 Å². The fourth-order valence-corrected chi connectivity index (χ4v) is 1.44. The molecule has 1 heterocycles. The van der Waals surface area contributed by atoms with Crippen LogP contribution >= 0.6 is 0 Å². The first-order valence-corrected chi connectivity index (χ1v) is 4.55. The normalized spacial score (nSPS) is 10.4. The smallest absolute Gasteiger partial charge is 0.178 e. The summed E-state index contributed by atoms with van der Waals surface area (Å²) in [4.78, 5) is 15.4. The van der Waals surface area contributed by atoms with Crippen LogP contribution in [0.15, 0.2) is 30.3 Å². The third-order valence-corrected chi connectivity index (χ3v) is 2.21. The van der Waals surface area contributed by atoms with Crippen LogP contribution in [0.5, 0.6) is 0 Å². The minimum absolute atomic E-state index is 0.00692. The number of nitrogens with zero attached hydrogens (tertiary/aromatic N) is 1. The second-order valence-corrected chi connectivity index (χ2v) is 3.45. The van der Waals surface area contributed by atoms with Crippen molar-refractivity contribution in [2.45, 2.75) is 6.92 Å². The second-order valence-electron chi connectivity index (χ2n) is 3.45. The number of ketones is 1. The second kappa shape index (κ2) is 3.26. The molecule has 14 heavy (non-hydrogen) atoms. The first-order valence-electron chi connectivity index (χ1n) is 4.55. The molecule has 2 rings (SSSR count). The Morgan fingerprint density at radius 2 is 2.07 bits per heavy atom. The van der Waals surface area contributed by atoms with Crippen LogP contribution in [0.4, 0.5) is 0 Å². The lowest BCUT2D eigenvalue weighted by molar-refractivity contribution is 0.101. The van der Waals surface area contributed by atoms with Crippen LogP contribution in [0, 0.1) is 0 Å². The molecule has 0 saturated heterocycles. The van der Waals surface area contributed by atoms with Crippen molar-refractivity contribution in [3.63, 3.8) is 0 Å². The van der Waals surface area contributed by atoms with Crippen molar-refractivity contribution in [3.8, 4) is 0 Å². The molecule has 2 aromatic rings. The van der Waals surface area contributed by atoms with Gasteiger partial charge in [0.15, 0.2) is 5.78 Å². The lowest BCUT2D eigenvalue weighted by Gasteiger charge is -2.00. The number of hydrogen-bond donors (Lipinski definition) is 0. The zero-order valence-electron chi connectivity index (χ0n) is 8.24. The van der Waals surface area contributed by atoms with E-state index < -0.39 is 0 Å². The number of carbonyl (C=O) groups is 1. The van der Waals surface area contributed by atoms with Gasteiger partial charge in [0.2, 0.25) is 0 Å². The first-order chi connectivity index (χ1) is 6.66. The number of carbonyl (C=O) groups excluding carboxylic acids is 1. The zero-order chi connectivity index (χ0) is 10.1. The van der Waals surface area contributed by atoms with Gasteiger partial charge in [-0.25, -0.2) is 4.98 Å². The van der Waals surface area contributed by atoms with Crippen LogP contribution in [0.2, 0.25) is 0 Å². The fourth-order valence-electron chi connectivity index (χ4n) is 1.44. The maximum Gasteiger partial charge on any atom is 0.178 e. The van der Waals surface area contributed by atoms with Gasteiger partial charge < -0.3 is 0 Å². The molecule has 68 valence electrons. The van der Waals surface area contributed by atoms with Crippen molar-refractivity contribution in [1.29, 1.82) is 0 Å². The molecule has 0 radical (unpaired) electrons. The maximum absolute atomic E-state index is 11.1. The Bertz CT molecular complexity index is 508. The average Bonchev–Trinajstić information content (AvgIpc) is 2.16. The SMILES string of the molecule is Bc1ccc2nc(C(C)=O)ccc2c1. The summed E-state index contributed by atoms with van der Waals surface area (Å²) in [5.74, 6) is 0.00692. The molecule has 0 aliphatic carbocycles. The number of rotatable bonds is 1. The van der Waals surface area contributed by atoms with Gasteiger partial charge in [-0.2, -0.15) is 0 Å². The van der Waals surface area contributed by atoms with Gasteiger partial charge >= 0.3 is 0 Å². The van der Waals surface area contributed by atoms with E-state index >= 15 is 0 Å². The third-order valence-electron chi connectivity index (χ3n) is 2.21. The van der Waals surface area contributed by atoms with Crippen LogP contribution in [0.3, 0.4) is 0 Å². The average molecular weight is 183 g/mol. The Kier molecular flexibility index (Phi) is 2.08. The summed E-state index contributed by atoms with van der Waals surface area (Å²) in [5.41, 5.74) is 2.61. The molecule has 0 amide bonds. The summed E-state index contributed by atoms with van der Waals surface area (Å²) >= 11 is 0. The summed E-state index contributed by atoms with van der Waals surface area (Å²) in [5, 5.41) is 1.08. The van der Waals surface area contributed by atoms with Crippen molar-refractivity contribution >= 4 is 30.0 Å². The van der Waals surface area contributed by atoms with Crippen molar-refractivity contribution in [1.82, 2.24) is 4.98 Å². The van der Waals surface area contributed by atoms with Crippen molar-refractivity contribution in [2.75, 3.05) is 0 Å². The van der Waals surface area contributed by atoms with Gasteiger partial charge in [-0.05, 0) is 17.5 Å². The van der Waals surface area contributed by atoms with Gasteiger partial charge in [0.05, 0.1) is 5.52 Å². The molecule has 0 spiro atoms. The van der Waals surface area contributed by atoms with E-state index in [0.29, 0.717) is 5.69 Å². The van der Waals surface area contributed by atoms with Gasteiger partial charge in [0, 0.05) is 6.92 Å². The van der Waals surface area contributed by atoms with Crippen LogP contribution in [-0.2, 0) is 0 Å². The van der Waals surface area contributed by atoms with E-state index in [0.717, 1.165) is 10.9 Å². The number of hydrogen-bond acceptors (Lipinski definition) is 2. The quantitative estimate of drug-likeness (QED) is 0.481. The number of Topliss-reactive ketones (excluding diaryl/α,β-unsaturated/α-hetero) is 1. The molecular weight excluding hydrogens is 173 g/mol. The Morgan fingerprint density at radius 1 is 1.29 bits per heavy atom. The molecule has 1 aromatic heterocycles. The highest BCUT2D eigenvalue weighted by Crippen LogP contribution is 2.10. The molecule has 0 fully saturated rings. The molecule has 0 atom stereocenters. The minimum atomic E-state index is 0.00692. The zero-order valence-corrected chi connectivity index (χ0v) is 8.24. The molecule has 0 saturated carbocycles. The van der Waals surface area contributed by atoms with Gasteiger partial charge in [-0.1, -0.05) is 23.7 Å². The van der Waals surface area contributed by atoms with E-state index in [4.69, 9.17) is 0 Å². The van der Waals surface area contributed by atoms with Gasteiger partial charge in [-0.3, -0.25) is 4.79 Å². The fraction of sp³-hybridized carbons (Fsp3) is 0.0909. The Morgan fingerprint density at radius 3 is 2.79 bits per heavy atom. The topological polar surface area (TPSA) is 30.0 Å². The van der Waals surface area contributed by atoms with Crippen LogP contribution in [0.1, 0.15) is 17.4 Å². The number of aromatic nitrogens is 1. The van der Waals surface area contributed by atoms with Gasteiger partial charge in [0.1, 0.15) is 13.5 Å². The third kappa shape index (κ3) is 1.53. The monoisotopic (exact) mass is 183 g/mol. The lowest BCUT2D eigenvalue weighted by atomic mass is 9.95. The van der Waals surface area contributed by atoms with Crippen LogP contribution in [0.25, 0.3) is 10.9 Å². The van der Waals surface area contributed by atoms with Crippen LogP contribution < -0.4 is 5.46 Å². The maximum atomic E-state index is 11.1. The molecule has 0 bridgehead atoms. The predicted molar refractivity (Wildman–Crippen MR) is 59.9 cm³/mol. The largest absolute Gasteiger partial charge is 0.293 e. The van der Waals surface area contributed by atoms with Crippen molar-refractivity contribution in [3.05, 3.63) is 36.0 Å². The molecule has 0 aliphatic heterocycles. The molecule has 1 aromatic carbocycles. The summed E-state index contributed by atoms with van der Waals surface area (Å²) in [6.07, 6.45) is 0. The number of benzene rings is 1. The number of pyridine rings is 1. The van der Waals surface area contributed by atoms with E-state index in [1.54, 1.807) is 6.07 Å². The Balaban J connectivity index is 2.67. The number of fused-ring (bicyclic) bond motifs is 1. The Labute approximate surface area is 83.4 Å². The molecule has 2 nitrogen and oxygen atoms in total. The standard InChI is InChI=1S/C11H10BNO/c1-7(14)10-4-2-8-6-9(12)3-5-11(8)13-10/h2-6H,12H2,1H3. The van der Waals surface area contributed by atoms with Crippen molar-refractivity contribution < 1.29 is 4.79 Å². The van der Waals surface area contributed by atoms with E-state index in [9.17, 15) is 4.79 Å². The van der Waals surface area contributed by atoms with E-state index in [2.05, 4.69) is 11.1 Å². The highest BCUT2D eigenvalue weighted by atomic mass is 16.1.